The molecule has 2 aromatic rings. The van der Waals surface area contributed by atoms with E-state index in [2.05, 4.69) is 15.9 Å². The van der Waals surface area contributed by atoms with Gasteiger partial charge in [0, 0.05) is 16.6 Å². The molecular formula is C20H16BrNO5. The van der Waals surface area contributed by atoms with Crippen LogP contribution in [0.15, 0.2) is 64.6 Å². The van der Waals surface area contributed by atoms with Gasteiger partial charge in [0.25, 0.3) is 11.7 Å². The second-order valence-corrected chi connectivity index (χ2v) is 6.97. The third-order valence-corrected chi connectivity index (χ3v) is 4.87. The lowest BCUT2D eigenvalue weighted by Crippen LogP contribution is -2.31. The summed E-state index contributed by atoms with van der Waals surface area (Å²) >= 11 is 3.34. The topological polar surface area (TPSA) is 94.9 Å². The molecule has 1 heterocycles. The number of carboxylic acids is 1. The number of aliphatic hydroxyl groups is 1. The minimum Gasteiger partial charge on any atom is -0.507 e. The average Bonchev–Trinajstić information content (AvgIpc) is 2.91. The van der Waals surface area contributed by atoms with Crippen LogP contribution in [0.2, 0.25) is 0 Å². The van der Waals surface area contributed by atoms with Gasteiger partial charge in [-0.2, -0.15) is 0 Å². The van der Waals surface area contributed by atoms with Gasteiger partial charge in [-0.1, -0.05) is 58.4 Å². The highest BCUT2D eigenvalue weighted by molar-refractivity contribution is 9.10. The monoisotopic (exact) mass is 429 g/mol. The third-order valence-electron chi connectivity index (χ3n) is 4.34. The fraction of sp³-hybridized carbons (Fsp3) is 0.150. The van der Waals surface area contributed by atoms with Gasteiger partial charge in [0.05, 0.1) is 18.0 Å². The molecule has 6 nitrogen and oxygen atoms in total. The molecule has 1 amide bonds. The molecular weight excluding hydrogens is 414 g/mol. The van der Waals surface area contributed by atoms with Gasteiger partial charge in [0.15, 0.2) is 0 Å². The second kappa shape index (κ2) is 7.75. The Balaban J connectivity index is 2.14. The van der Waals surface area contributed by atoms with Crippen LogP contribution >= 0.6 is 15.9 Å². The zero-order valence-electron chi connectivity index (χ0n) is 14.1. The van der Waals surface area contributed by atoms with Crippen LogP contribution in [-0.4, -0.2) is 39.3 Å². The molecule has 1 saturated heterocycles. The molecule has 1 fully saturated rings. The molecule has 3 rings (SSSR count). The van der Waals surface area contributed by atoms with Gasteiger partial charge < -0.3 is 15.1 Å². The molecule has 0 unspecified atom stereocenters. The lowest BCUT2D eigenvalue weighted by Gasteiger charge is -2.24. The van der Waals surface area contributed by atoms with Gasteiger partial charge in [-0.15, -0.1) is 0 Å². The summed E-state index contributed by atoms with van der Waals surface area (Å²) in [7, 11) is 0. The van der Waals surface area contributed by atoms with E-state index in [4.69, 9.17) is 5.11 Å². The summed E-state index contributed by atoms with van der Waals surface area (Å²) in [6, 6.07) is 14.6. The van der Waals surface area contributed by atoms with Crippen molar-refractivity contribution in [2.24, 2.45) is 0 Å². The Morgan fingerprint density at radius 3 is 2.22 bits per heavy atom. The number of amides is 1. The number of likely N-dealkylation sites (tertiary alicyclic amines) is 1. The normalized spacial score (nSPS) is 18.7. The predicted molar refractivity (Wildman–Crippen MR) is 102 cm³/mol. The summed E-state index contributed by atoms with van der Waals surface area (Å²) in [5, 5.41) is 19.7. The summed E-state index contributed by atoms with van der Waals surface area (Å²) in [5.74, 6) is -2.99. The minimum atomic E-state index is -1.07. The van der Waals surface area contributed by atoms with E-state index >= 15 is 0 Å². The molecule has 138 valence electrons. The van der Waals surface area contributed by atoms with Crippen LogP contribution in [0.1, 0.15) is 23.6 Å². The fourth-order valence-electron chi connectivity index (χ4n) is 3.07. The number of carboxylic acid groups (broad SMARTS) is 1. The number of ketones is 1. The van der Waals surface area contributed by atoms with Gasteiger partial charge in [-0.05, 0) is 17.7 Å². The van der Waals surface area contributed by atoms with Crippen LogP contribution in [0.3, 0.4) is 0 Å². The van der Waals surface area contributed by atoms with E-state index in [1.54, 1.807) is 54.6 Å². The van der Waals surface area contributed by atoms with Gasteiger partial charge in [-0.3, -0.25) is 14.4 Å². The first-order valence-corrected chi connectivity index (χ1v) is 9.00. The van der Waals surface area contributed by atoms with Crippen molar-refractivity contribution in [3.8, 4) is 0 Å². The summed E-state index contributed by atoms with van der Waals surface area (Å²) < 4.78 is 0.816. The molecule has 1 aliphatic rings. The lowest BCUT2D eigenvalue weighted by molar-refractivity contribution is -0.142. The summed E-state index contributed by atoms with van der Waals surface area (Å²) in [6.45, 7) is -0.133. The fourth-order valence-corrected chi connectivity index (χ4v) is 3.33. The maximum atomic E-state index is 12.7. The second-order valence-electron chi connectivity index (χ2n) is 6.05. The third kappa shape index (κ3) is 3.78. The summed E-state index contributed by atoms with van der Waals surface area (Å²) in [6.07, 6.45) is -0.300. The molecule has 0 aromatic heterocycles. The Morgan fingerprint density at radius 2 is 1.63 bits per heavy atom. The molecule has 7 heteroatoms. The maximum Gasteiger partial charge on any atom is 0.305 e. The van der Waals surface area contributed by atoms with E-state index in [0.29, 0.717) is 11.1 Å². The van der Waals surface area contributed by atoms with Crippen molar-refractivity contribution < 1.29 is 24.6 Å². The van der Waals surface area contributed by atoms with E-state index in [1.807, 2.05) is 0 Å². The van der Waals surface area contributed by atoms with Crippen LogP contribution in [0.4, 0.5) is 0 Å². The highest BCUT2D eigenvalue weighted by atomic mass is 79.9. The molecule has 2 N–H and O–H groups in total. The zero-order valence-corrected chi connectivity index (χ0v) is 15.7. The van der Waals surface area contributed by atoms with Crippen molar-refractivity contribution in [1.82, 2.24) is 4.90 Å². The number of Topliss-reactive ketones (excluding diaryl/α,β-unsaturated/α-hetero) is 1. The molecule has 0 radical (unpaired) electrons. The van der Waals surface area contributed by atoms with E-state index < -0.39 is 23.7 Å². The number of aliphatic hydroxyl groups excluding tert-OH is 1. The summed E-state index contributed by atoms with van der Waals surface area (Å²) in [4.78, 5) is 37.4. The van der Waals surface area contributed by atoms with Crippen LogP contribution in [0.25, 0.3) is 5.76 Å². The molecule has 1 aliphatic heterocycles. The van der Waals surface area contributed by atoms with E-state index in [-0.39, 0.29) is 24.3 Å². The van der Waals surface area contributed by atoms with Crippen LogP contribution in [0.5, 0.6) is 0 Å². The predicted octanol–water partition coefficient (Wildman–Crippen LogP) is 3.35. The lowest BCUT2D eigenvalue weighted by atomic mass is 9.95. The van der Waals surface area contributed by atoms with Gasteiger partial charge >= 0.3 is 5.97 Å². The number of hydrogen-bond acceptors (Lipinski definition) is 4. The molecule has 2 aromatic carbocycles. The Morgan fingerprint density at radius 1 is 1.00 bits per heavy atom. The Hall–Kier alpha value is -2.93. The number of aliphatic carboxylic acids is 1. The Kier molecular flexibility index (Phi) is 5.41. The minimum absolute atomic E-state index is 0.0427. The van der Waals surface area contributed by atoms with Crippen molar-refractivity contribution in [2.75, 3.05) is 6.54 Å². The molecule has 0 bridgehead atoms. The number of hydrogen-bond donors (Lipinski definition) is 2. The number of halogens is 1. The Bertz CT molecular complexity index is 921. The molecule has 0 aliphatic carbocycles. The molecule has 0 saturated carbocycles. The van der Waals surface area contributed by atoms with Crippen LogP contribution < -0.4 is 0 Å². The van der Waals surface area contributed by atoms with Crippen molar-refractivity contribution >= 4 is 39.3 Å². The summed E-state index contributed by atoms with van der Waals surface area (Å²) in [5.41, 5.74) is 0.982. The number of rotatable bonds is 5. The van der Waals surface area contributed by atoms with Crippen molar-refractivity contribution in [1.29, 1.82) is 0 Å². The maximum absolute atomic E-state index is 12.7. The van der Waals surface area contributed by atoms with Crippen LogP contribution in [-0.2, 0) is 14.4 Å². The van der Waals surface area contributed by atoms with Crippen LogP contribution in [0, 0.1) is 0 Å². The zero-order chi connectivity index (χ0) is 19.6. The highest BCUT2D eigenvalue weighted by Crippen LogP contribution is 2.39. The first kappa shape index (κ1) is 18.8. The highest BCUT2D eigenvalue weighted by Gasteiger charge is 2.45. The van der Waals surface area contributed by atoms with Gasteiger partial charge in [0.2, 0.25) is 0 Å². The molecule has 27 heavy (non-hydrogen) atoms. The molecule has 0 spiro atoms. The number of carbonyl (C=O) groups is 3. The van der Waals surface area contributed by atoms with E-state index in [0.717, 1.165) is 4.47 Å². The number of carbonyl (C=O) groups excluding carboxylic acids is 2. The van der Waals surface area contributed by atoms with Crippen molar-refractivity contribution in [3.63, 3.8) is 0 Å². The van der Waals surface area contributed by atoms with E-state index in [9.17, 15) is 19.5 Å². The molecule has 1 atom stereocenters. The SMILES string of the molecule is O=C(O)CCN1C(=O)C(=O)C(=C(O)c2ccccc2)[C@H]1c1ccc(Br)cc1. The Labute approximate surface area is 163 Å². The van der Waals surface area contributed by atoms with E-state index in [1.165, 1.54) is 4.90 Å². The van der Waals surface area contributed by atoms with Crippen molar-refractivity contribution in [3.05, 3.63) is 75.8 Å². The van der Waals surface area contributed by atoms with Crippen molar-refractivity contribution in [2.45, 2.75) is 12.5 Å². The quantitative estimate of drug-likeness (QED) is 0.431. The number of nitrogens with zero attached hydrogens (tertiary/aromatic N) is 1. The van der Waals surface area contributed by atoms with Gasteiger partial charge in [-0.25, -0.2) is 0 Å². The smallest absolute Gasteiger partial charge is 0.305 e. The first-order valence-electron chi connectivity index (χ1n) is 8.21. The van der Waals surface area contributed by atoms with Gasteiger partial charge in [0.1, 0.15) is 5.76 Å². The largest absolute Gasteiger partial charge is 0.507 e. The standard InChI is InChI=1S/C20H16BrNO5/c21-14-8-6-12(7-9-14)17-16(18(25)13-4-2-1-3-5-13)19(26)20(27)22(17)11-10-15(23)24/h1-9,17,25H,10-11H2,(H,23,24)/t17-/m1/s1. The first-order chi connectivity index (χ1) is 12.9. The number of benzene rings is 2. The average molecular weight is 430 g/mol.